The summed E-state index contributed by atoms with van der Waals surface area (Å²) < 4.78 is 24.0. The maximum absolute atomic E-state index is 13.7. The summed E-state index contributed by atoms with van der Waals surface area (Å²) in [7, 11) is 3.03. The quantitative estimate of drug-likeness (QED) is 0.832. The standard InChI is InChI=1S/C12H16FNO2/c1-15-11-6-10(13)12(16-2)8-4-3-7(14)5-9(8)11/h6-7H,3-5,14H2,1-2H3. The lowest BCUT2D eigenvalue weighted by molar-refractivity contribution is 0.362. The minimum absolute atomic E-state index is 0.122. The molecule has 88 valence electrons. The molecule has 3 nitrogen and oxygen atoms in total. The van der Waals surface area contributed by atoms with Crippen molar-refractivity contribution in [3.05, 3.63) is 23.0 Å². The predicted molar refractivity (Wildman–Crippen MR) is 59.5 cm³/mol. The molecule has 0 aromatic heterocycles. The van der Waals surface area contributed by atoms with Crippen molar-refractivity contribution in [2.45, 2.75) is 25.3 Å². The SMILES string of the molecule is COc1cc(F)c(OC)c2c1CC(N)CC2. The molecule has 16 heavy (non-hydrogen) atoms. The first kappa shape index (κ1) is 11.2. The Bertz CT molecular complexity index is 406. The van der Waals surface area contributed by atoms with Crippen molar-refractivity contribution < 1.29 is 13.9 Å². The lowest BCUT2D eigenvalue weighted by Gasteiger charge is -2.25. The normalized spacial score (nSPS) is 19.1. The number of hydrogen-bond acceptors (Lipinski definition) is 3. The highest BCUT2D eigenvalue weighted by Crippen LogP contribution is 2.37. The summed E-state index contributed by atoms with van der Waals surface area (Å²) in [4.78, 5) is 0. The molecule has 0 bridgehead atoms. The Balaban J connectivity index is 2.57. The molecule has 0 spiro atoms. The highest BCUT2D eigenvalue weighted by Gasteiger charge is 2.25. The van der Waals surface area contributed by atoms with Gasteiger partial charge in [-0.2, -0.15) is 0 Å². The van der Waals surface area contributed by atoms with Gasteiger partial charge in [0.15, 0.2) is 11.6 Å². The van der Waals surface area contributed by atoms with Gasteiger partial charge >= 0.3 is 0 Å². The molecule has 0 aliphatic heterocycles. The minimum atomic E-state index is -0.367. The van der Waals surface area contributed by atoms with Gasteiger partial charge in [-0.05, 0) is 19.3 Å². The third kappa shape index (κ3) is 1.73. The summed E-state index contributed by atoms with van der Waals surface area (Å²) >= 11 is 0. The Morgan fingerprint density at radius 2 is 2.06 bits per heavy atom. The van der Waals surface area contributed by atoms with Gasteiger partial charge in [0.25, 0.3) is 0 Å². The summed E-state index contributed by atoms with van der Waals surface area (Å²) in [5.74, 6) is 0.541. The van der Waals surface area contributed by atoms with Crippen LogP contribution in [0.2, 0.25) is 0 Å². The molecule has 4 heteroatoms. The largest absolute Gasteiger partial charge is 0.496 e. The van der Waals surface area contributed by atoms with Crippen LogP contribution in [0.1, 0.15) is 17.5 Å². The van der Waals surface area contributed by atoms with E-state index in [-0.39, 0.29) is 11.9 Å². The average molecular weight is 225 g/mol. The van der Waals surface area contributed by atoms with E-state index in [4.69, 9.17) is 15.2 Å². The Kier molecular flexibility index (Phi) is 3.01. The van der Waals surface area contributed by atoms with E-state index < -0.39 is 0 Å². The van der Waals surface area contributed by atoms with Crippen LogP contribution >= 0.6 is 0 Å². The molecule has 2 rings (SSSR count). The summed E-state index contributed by atoms with van der Waals surface area (Å²) in [5, 5.41) is 0. The van der Waals surface area contributed by atoms with Crippen molar-refractivity contribution in [3.63, 3.8) is 0 Å². The molecular formula is C12H16FNO2. The van der Waals surface area contributed by atoms with E-state index in [2.05, 4.69) is 0 Å². The summed E-state index contributed by atoms with van der Waals surface area (Å²) in [6.07, 6.45) is 2.32. The summed E-state index contributed by atoms with van der Waals surface area (Å²) in [6.45, 7) is 0. The van der Waals surface area contributed by atoms with Gasteiger partial charge < -0.3 is 15.2 Å². The van der Waals surface area contributed by atoms with E-state index >= 15 is 0 Å². The smallest absolute Gasteiger partial charge is 0.169 e. The van der Waals surface area contributed by atoms with Crippen LogP contribution in [-0.2, 0) is 12.8 Å². The van der Waals surface area contributed by atoms with Crippen LogP contribution in [-0.4, -0.2) is 20.3 Å². The second kappa shape index (κ2) is 4.29. The van der Waals surface area contributed by atoms with Crippen molar-refractivity contribution in [2.24, 2.45) is 5.73 Å². The predicted octanol–water partition coefficient (Wildman–Crippen LogP) is 1.66. The molecule has 2 N–H and O–H groups in total. The van der Waals surface area contributed by atoms with Gasteiger partial charge in [-0.15, -0.1) is 0 Å². The molecule has 0 saturated heterocycles. The van der Waals surface area contributed by atoms with E-state index in [9.17, 15) is 4.39 Å². The molecule has 1 aromatic rings. The Labute approximate surface area is 94.3 Å². The van der Waals surface area contributed by atoms with E-state index in [1.54, 1.807) is 7.11 Å². The Morgan fingerprint density at radius 1 is 1.31 bits per heavy atom. The molecule has 1 aromatic carbocycles. The first-order chi connectivity index (χ1) is 7.67. The monoisotopic (exact) mass is 225 g/mol. The van der Waals surface area contributed by atoms with Gasteiger partial charge in [0.2, 0.25) is 0 Å². The highest BCUT2D eigenvalue weighted by molar-refractivity contribution is 5.51. The molecule has 1 unspecified atom stereocenters. The molecule has 0 amide bonds. The number of nitrogens with two attached hydrogens (primary N) is 1. The van der Waals surface area contributed by atoms with Crippen LogP contribution in [0.3, 0.4) is 0 Å². The lowest BCUT2D eigenvalue weighted by atomic mass is 9.87. The number of ether oxygens (including phenoxy) is 2. The van der Waals surface area contributed by atoms with Gasteiger partial charge in [-0.25, -0.2) is 4.39 Å². The fraction of sp³-hybridized carbons (Fsp3) is 0.500. The fourth-order valence-electron chi connectivity index (χ4n) is 2.28. The zero-order chi connectivity index (χ0) is 11.7. The Hall–Kier alpha value is -1.29. The summed E-state index contributed by atoms with van der Waals surface area (Å²) in [5.41, 5.74) is 7.80. The van der Waals surface area contributed by atoms with Crippen LogP contribution in [0.5, 0.6) is 11.5 Å². The van der Waals surface area contributed by atoms with Crippen molar-refractivity contribution in [2.75, 3.05) is 14.2 Å². The first-order valence-electron chi connectivity index (χ1n) is 5.35. The number of benzene rings is 1. The van der Waals surface area contributed by atoms with Crippen molar-refractivity contribution >= 4 is 0 Å². The second-order valence-corrected chi connectivity index (χ2v) is 4.05. The lowest BCUT2D eigenvalue weighted by Crippen LogP contribution is -2.28. The average Bonchev–Trinajstić information content (AvgIpc) is 2.28. The van der Waals surface area contributed by atoms with Gasteiger partial charge in [0, 0.05) is 23.2 Å². The third-order valence-corrected chi connectivity index (χ3v) is 3.07. The topological polar surface area (TPSA) is 44.5 Å². The van der Waals surface area contributed by atoms with Crippen LogP contribution < -0.4 is 15.2 Å². The van der Waals surface area contributed by atoms with Gasteiger partial charge in [-0.1, -0.05) is 0 Å². The number of methoxy groups -OCH3 is 2. The van der Waals surface area contributed by atoms with E-state index in [1.807, 2.05) is 0 Å². The molecule has 0 heterocycles. The molecule has 0 fully saturated rings. The zero-order valence-electron chi connectivity index (χ0n) is 9.55. The Morgan fingerprint density at radius 3 is 2.69 bits per heavy atom. The maximum atomic E-state index is 13.7. The van der Waals surface area contributed by atoms with Crippen LogP contribution in [0.4, 0.5) is 4.39 Å². The number of fused-ring (bicyclic) bond motifs is 1. The molecule has 0 radical (unpaired) electrons. The highest BCUT2D eigenvalue weighted by atomic mass is 19.1. The summed E-state index contributed by atoms with van der Waals surface area (Å²) in [6, 6.07) is 1.49. The van der Waals surface area contributed by atoms with Crippen molar-refractivity contribution in [3.8, 4) is 11.5 Å². The van der Waals surface area contributed by atoms with E-state index in [1.165, 1.54) is 13.2 Å². The molecule has 1 atom stereocenters. The fourth-order valence-corrected chi connectivity index (χ4v) is 2.28. The third-order valence-electron chi connectivity index (χ3n) is 3.07. The zero-order valence-corrected chi connectivity index (χ0v) is 9.55. The van der Waals surface area contributed by atoms with Gasteiger partial charge in [0.1, 0.15) is 5.75 Å². The van der Waals surface area contributed by atoms with Crippen LogP contribution in [0.25, 0.3) is 0 Å². The molecule has 0 saturated carbocycles. The van der Waals surface area contributed by atoms with Gasteiger partial charge in [0.05, 0.1) is 14.2 Å². The maximum Gasteiger partial charge on any atom is 0.169 e. The van der Waals surface area contributed by atoms with Gasteiger partial charge in [-0.3, -0.25) is 0 Å². The number of rotatable bonds is 2. The van der Waals surface area contributed by atoms with E-state index in [0.29, 0.717) is 11.5 Å². The van der Waals surface area contributed by atoms with Crippen LogP contribution in [0.15, 0.2) is 6.07 Å². The van der Waals surface area contributed by atoms with Crippen molar-refractivity contribution in [1.29, 1.82) is 0 Å². The molecular weight excluding hydrogens is 209 g/mol. The van der Waals surface area contributed by atoms with Crippen LogP contribution in [0, 0.1) is 5.82 Å². The molecule has 1 aliphatic carbocycles. The number of hydrogen-bond donors (Lipinski definition) is 1. The number of halogens is 1. The molecule has 1 aliphatic rings. The first-order valence-corrected chi connectivity index (χ1v) is 5.35. The minimum Gasteiger partial charge on any atom is -0.496 e. The van der Waals surface area contributed by atoms with E-state index in [0.717, 1.165) is 30.4 Å². The van der Waals surface area contributed by atoms with Crippen molar-refractivity contribution in [1.82, 2.24) is 0 Å². The second-order valence-electron chi connectivity index (χ2n) is 4.05.